The molecule has 1 saturated heterocycles. The Bertz CT molecular complexity index is 826. The minimum Gasteiger partial charge on any atom is -0.484 e. The van der Waals surface area contributed by atoms with Crippen LogP contribution < -0.4 is 9.47 Å². The zero-order chi connectivity index (χ0) is 21.2. The summed E-state index contributed by atoms with van der Waals surface area (Å²) in [4.78, 5) is 18.2. The molecule has 29 heavy (non-hydrogen) atoms. The second-order valence-electron chi connectivity index (χ2n) is 8.25. The van der Waals surface area contributed by atoms with Crippen molar-refractivity contribution in [3.05, 3.63) is 17.8 Å². The Morgan fingerprint density at radius 1 is 1.34 bits per heavy atom. The lowest BCUT2D eigenvalue weighted by Gasteiger charge is -2.44. The molecule has 3 rings (SSSR count). The van der Waals surface area contributed by atoms with E-state index in [1.54, 1.807) is 25.0 Å². The predicted octanol–water partition coefficient (Wildman–Crippen LogP) is 3.12. The Labute approximate surface area is 174 Å². The number of nitrogens with zero attached hydrogens (tertiary/aromatic N) is 3. The first-order chi connectivity index (χ1) is 13.7. The molecule has 1 atom stereocenters. The molecular formula is C20H29N3O5S. The molecule has 0 unspecified atom stereocenters. The van der Waals surface area contributed by atoms with Crippen molar-refractivity contribution < 1.29 is 23.2 Å². The number of carbonyl (C=O) groups is 1. The van der Waals surface area contributed by atoms with E-state index in [9.17, 15) is 9.00 Å². The second-order valence-corrected chi connectivity index (χ2v) is 10.2. The Morgan fingerprint density at radius 3 is 2.62 bits per heavy atom. The number of hydrogen-bond acceptors (Lipinski definition) is 6. The van der Waals surface area contributed by atoms with Gasteiger partial charge in [-0.05, 0) is 33.8 Å². The number of methoxy groups -OCH3 is 1. The van der Waals surface area contributed by atoms with Gasteiger partial charge in [0.15, 0.2) is 0 Å². The summed E-state index contributed by atoms with van der Waals surface area (Å²) in [5.74, 6) is 1.06. The maximum absolute atomic E-state index is 12.7. The third kappa shape index (κ3) is 4.71. The molecule has 1 spiro atoms. The van der Waals surface area contributed by atoms with Crippen molar-refractivity contribution in [2.24, 2.45) is 4.40 Å². The largest absolute Gasteiger partial charge is 0.484 e. The van der Waals surface area contributed by atoms with Crippen LogP contribution in [0.25, 0.3) is 0 Å². The van der Waals surface area contributed by atoms with Crippen LogP contribution in [-0.4, -0.2) is 63.1 Å². The van der Waals surface area contributed by atoms with Crippen molar-refractivity contribution in [2.45, 2.75) is 57.3 Å². The molecule has 2 aliphatic rings. The number of carbonyl (C=O) groups excluding carboxylic acids is 1. The highest BCUT2D eigenvalue weighted by Gasteiger charge is 2.44. The smallest absolute Gasteiger partial charge is 0.409 e. The van der Waals surface area contributed by atoms with Crippen molar-refractivity contribution in [3.8, 4) is 11.6 Å². The summed E-state index contributed by atoms with van der Waals surface area (Å²) in [6, 6.07) is 3.55. The van der Waals surface area contributed by atoms with E-state index in [0.717, 1.165) is 0 Å². The highest BCUT2D eigenvalue weighted by molar-refractivity contribution is 7.85. The Balaban J connectivity index is 1.91. The molecule has 0 radical (unpaired) electrons. The number of ether oxygens (including phenoxy) is 3. The molecule has 2 aliphatic heterocycles. The standard InChI is InChI=1S/C20H29N3O5S/c1-6-27-18(24)23-11-9-20(10-12-23)13-14(22-29(25)19(2,3)4)17-15(28-20)7-8-16(21-17)26-5/h7-8H,6,9-13H2,1-5H3/t29-/m1/s1. The second kappa shape index (κ2) is 8.30. The molecule has 1 amide bonds. The van der Waals surface area contributed by atoms with Crippen LogP contribution in [0.5, 0.6) is 11.6 Å². The van der Waals surface area contributed by atoms with E-state index in [2.05, 4.69) is 9.38 Å². The van der Waals surface area contributed by atoms with E-state index < -0.39 is 21.3 Å². The normalized spacial score (nSPS) is 20.7. The fourth-order valence-electron chi connectivity index (χ4n) is 3.39. The van der Waals surface area contributed by atoms with Gasteiger partial charge in [0.05, 0.1) is 24.2 Å². The summed E-state index contributed by atoms with van der Waals surface area (Å²) >= 11 is 0. The van der Waals surface area contributed by atoms with Gasteiger partial charge in [-0.15, -0.1) is 0 Å². The Kier molecular flexibility index (Phi) is 6.16. The van der Waals surface area contributed by atoms with Crippen LogP contribution in [-0.2, 0) is 15.7 Å². The van der Waals surface area contributed by atoms with Gasteiger partial charge in [-0.25, -0.2) is 14.0 Å². The lowest BCUT2D eigenvalue weighted by atomic mass is 9.83. The lowest BCUT2D eigenvalue weighted by Crippen LogP contribution is -2.52. The highest BCUT2D eigenvalue weighted by atomic mass is 32.2. The van der Waals surface area contributed by atoms with Crippen LogP contribution in [0, 0.1) is 0 Å². The Hall–Kier alpha value is -2.16. The van der Waals surface area contributed by atoms with E-state index >= 15 is 0 Å². The number of pyridine rings is 1. The van der Waals surface area contributed by atoms with Gasteiger partial charge in [0.25, 0.3) is 0 Å². The maximum atomic E-state index is 12.7. The predicted molar refractivity (Wildman–Crippen MR) is 111 cm³/mol. The minimum atomic E-state index is -1.42. The molecule has 1 aromatic rings. The van der Waals surface area contributed by atoms with Crippen LogP contribution in [0.2, 0.25) is 0 Å². The molecule has 0 bridgehead atoms. The van der Waals surface area contributed by atoms with Crippen LogP contribution >= 0.6 is 0 Å². The minimum absolute atomic E-state index is 0.298. The topological polar surface area (TPSA) is 90.3 Å². The third-order valence-corrected chi connectivity index (χ3v) is 6.48. The lowest BCUT2D eigenvalue weighted by molar-refractivity contribution is 0.00177. The van der Waals surface area contributed by atoms with Gasteiger partial charge >= 0.3 is 6.09 Å². The summed E-state index contributed by atoms with van der Waals surface area (Å²) in [7, 11) is 0.129. The molecule has 0 aromatic carbocycles. The zero-order valence-corrected chi connectivity index (χ0v) is 18.5. The van der Waals surface area contributed by atoms with Gasteiger partial charge in [-0.3, -0.25) is 0 Å². The molecule has 1 aromatic heterocycles. The molecular weight excluding hydrogens is 394 g/mol. The SMILES string of the molecule is CCOC(=O)N1CCC2(CC1)CC(=N[S@](=O)C(C)(C)C)c1nc(OC)ccc1O2. The monoisotopic (exact) mass is 423 g/mol. The Morgan fingerprint density at radius 2 is 2.03 bits per heavy atom. The van der Waals surface area contributed by atoms with Crippen LogP contribution in [0.1, 0.15) is 52.7 Å². The zero-order valence-electron chi connectivity index (χ0n) is 17.7. The van der Waals surface area contributed by atoms with Crippen molar-refractivity contribution in [2.75, 3.05) is 26.8 Å². The number of fused-ring (bicyclic) bond motifs is 1. The van der Waals surface area contributed by atoms with Gasteiger partial charge in [0.2, 0.25) is 5.88 Å². The molecule has 3 heterocycles. The number of amides is 1. The van der Waals surface area contributed by atoms with Crippen LogP contribution in [0.3, 0.4) is 0 Å². The molecule has 8 nitrogen and oxygen atoms in total. The van der Waals surface area contributed by atoms with E-state index in [1.165, 1.54) is 0 Å². The number of likely N-dealkylation sites (tertiary alicyclic amines) is 1. The maximum Gasteiger partial charge on any atom is 0.409 e. The summed E-state index contributed by atoms with van der Waals surface area (Å²) in [6.07, 6.45) is 1.46. The van der Waals surface area contributed by atoms with E-state index in [1.807, 2.05) is 26.8 Å². The number of aromatic nitrogens is 1. The van der Waals surface area contributed by atoms with Crippen LogP contribution in [0.15, 0.2) is 16.5 Å². The summed E-state index contributed by atoms with van der Waals surface area (Å²) in [5, 5.41) is 0. The third-order valence-electron chi connectivity index (χ3n) is 5.05. The van der Waals surface area contributed by atoms with E-state index in [0.29, 0.717) is 62.0 Å². The van der Waals surface area contributed by atoms with Crippen molar-refractivity contribution in [1.29, 1.82) is 0 Å². The van der Waals surface area contributed by atoms with Crippen molar-refractivity contribution >= 4 is 22.8 Å². The number of hydrogen-bond donors (Lipinski definition) is 0. The first kappa shape index (κ1) is 21.5. The van der Waals surface area contributed by atoms with E-state index in [-0.39, 0.29) is 6.09 Å². The van der Waals surface area contributed by atoms with Gasteiger partial charge < -0.3 is 19.1 Å². The molecule has 160 valence electrons. The van der Waals surface area contributed by atoms with Gasteiger partial charge in [-0.1, -0.05) is 0 Å². The average molecular weight is 424 g/mol. The molecule has 0 aliphatic carbocycles. The van der Waals surface area contributed by atoms with Gasteiger partial charge in [0.1, 0.15) is 28.0 Å². The fourth-order valence-corrected chi connectivity index (χ4v) is 4.02. The van der Waals surface area contributed by atoms with Crippen LogP contribution in [0.4, 0.5) is 4.79 Å². The molecule has 0 saturated carbocycles. The van der Waals surface area contributed by atoms with Crippen molar-refractivity contribution in [1.82, 2.24) is 9.88 Å². The van der Waals surface area contributed by atoms with Crippen molar-refractivity contribution in [3.63, 3.8) is 0 Å². The number of piperidine rings is 1. The summed E-state index contributed by atoms with van der Waals surface area (Å²) in [5.41, 5.74) is 0.719. The fraction of sp³-hybridized carbons (Fsp3) is 0.650. The first-order valence-electron chi connectivity index (χ1n) is 9.83. The molecule has 1 fully saturated rings. The first-order valence-corrected chi connectivity index (χ1v) is 10.9. The quantitative estimate of drug-likeness (QED) is 0.742. The molecule has 0 N–H and O–H groups in total. The highest BCUT2D eigenvalue weighted by Crippen LogP contribution is 2.40. The molecule has 9 heteroatoms. The van der Waals surface area contributed by atoms with Gasteiger partial charge in [-0.2, -0.15) is 4.40 Å². The van der Waals surface area contributed by atoms with Gasteiger partial charge in [0, 0.05) is 38.4 Å². The summed E-state index contributed by atoms with van der Waals surface area (Å²) < 4.78 is 33.5. The van der Waals surface area contributed by atoms with E-state index in [4.69, 9.17) is 14.2 Å². The number of rotatable bonds is 3. The summed E-state index contributed by atoms with van der Waals surface area (Å²) in [6.45, 7) is 8.89. The average Bonchev–Trinajstić information content (AvgIpc) is 2.67.